The summed E-state index contributed by atoms with van der Waals surface area (Å²) < 4.78 is 0. The lowest BCUT2D eigenvalue weighted by Crippen LogP contribution is -2.33. The Kier molecular flexibility index (Phi) is 6.04. The fourth-order valence-electron chi connectivity index (χ4n) is 1.34. The minimum Gasteiger partial charge on any atom is -0.351 e. The molecular weight excluding hydrogens is 212 g/mol. The monoisotopic (exact) mass is 232 g/mol. The van der Waals surface area contributed by atoms with Gasteiger partial charge in [-0.2, -0.15) is 0 Å². The zero-order chi connectivity index (χ0) is 12.5. The van der Waals surface area contributed by atoms with Crippen LogP contribution in [0.4, 0.5) is 0 Å². The Labute approximate surface area is 103 Å². The van der Waals surface area contributed by atoms with E-state index in [1.807, 2.05) is 36.4 Å². The zero-order valence-electron chi connectivity index (χ0n) is 10.4. The fourth-order valence-corrected chi connectivity index (χ4v) is 1.34. The first-order valence-electron chi connectivity index (χ1n) is 5.93. The van der Waals surface area contributed by atoms with Crippen molar-refractivity contribution in [2.24, 2.45) is 0 Å². The summed E-state index contributed by atoms with van der Waals surface area (Å²) >= 11 is 0. The van der Waals surface area contributed by atoms with Crippen LogP contribution in [0, 0.1) is 0 Å². The van der Waals surface area contributed by atoms with Crippen LogP contribution in [0.3, 0.4) is 0 Å². The van der Waals surface area contributed by atoms with E-state index in [1.165, 1.54) is 0 Å². The highest BCUT2D eigenvalue weighted by Crippen LogP contribution is 2.00. The maximum absolute atomic E-state index is 11.4. The Bertz CT molecular complexity index is 358. The smallest absolute Gasteiger partial charge is 0.244 e. The van der Waals surface area contributed by atoms with Crippen LogP contribution in [-0.2, 0) is 4.79 Å². The number of hydrogen-bond acceptors (Lipinski definition) is 2. The maximum Gasteiger partial charge on any atom is 0.244 e. The fraction of sp³-hybridized carbons (Fsp3) is 0.357. The van der Waals surface area contributed by atoms with Gasteiger partial charge < -0.3 is 10.6 Å². The Morgan fingerprint density at radius 1 is 1.24 bits per heavy atom. The standard InChI is InChI=1S/C14H20N2O/c1-12(2)15-10-11-16-14(17)9-8-13-6-4-3-5-7-13/h3-9,12,15H,10-11H2,1-2H3,(H,16,17). The molecule has 0 bridgehead atoms. The number of nitrogens with one attached hydrogen (secondary N) is 2. The molecule has 0 aliphatic carbocycles. The normalized spacial score (nSPS) is 11.0. The van der Waals surface area contributed by atoms with Gasteiger partial charge in [-0.3, -0.25) is 4.79 Å². The Hall–Kier alpha value is -1.61. The van der Waals surface area contributed by atoms with Gasteiger partial charge in [-0.1, -0.05) is 44.2 Å². The van der Waals surface area contributed by atoms with Crippen molar-refractivity contribution < 1.29 is 4.79 Å². The number of hydrogen-bond donors (Lipinski definition) is 2. The molecule has 1 aromatic rings. The lowest BCUT2D eigenvalue weighted by Gasteiger charge is -2.07. The van der Waals surface area contributed by atoms with Crippen LogP contribution in [0.15, 0.2) is 36.4 Å². The van der Waals surface area contributed by atoms with Gasteiger partial charge in [-0.15, -0.1) is 0 Å². The highest BCUT2D eigenvalue weighted by atomic mass is 16.1. The van der Waals surface area contributed by atoms with E-state index in [1.54, 1.807) is 6.08 Å². The van der Waals surface area contributed by atoms with Crippen molar-refractivity contribution in [1.82, 2.24) is 10.6 Å². The quantitative estimate of drug-likeness (QED) is 0.580. The summed E-state index contributed by atoms with van der Waals surface area (Å²) in [5.41, 5.74) is 1.03. The molecule has 0 heterocycles. The summed E-state index contributed by atoms with van der Waals surface area (Å²) in [4.78, 5) is 11.4. The van der Waals surface area contributed by atoms with Gasteiger partial charge >= 0.3 is 0 Å². The topological polar surface area (TPSA) is 41.1 Å². The molecule has 3 nitrogen and oxygen atoms in total. The number of carbonyl (C=O) groups is 1. The van der Waals surface area contributed by atoms with E-state index in [-0.39, 0.29) is 5.91 Å². The predicted molar refractivity (Wildman–Crippen MR) is 71.6 cm³/mol. The Morgan fingerprint density at radius 2 is 1.94 bits per heavy atom. The molecule has 17 heavy (non-hydrogen) atoms. The highest BCUT2D eigenvalue weighted by Gasteiger charge is 1.95. The van der Waals surface area contributed by atoms with Gasteiger partial charge in [0.2, 0.25) is 5.91 Å². The van der Waals surface area contributed by atoms with Crippen molar-refractivity contribution in [2.45, 2.75) is 19.9 Å². The third-order valence-corrected chi connectivity index (χ3v) is 2.20. The van der Waals surface area contributed by atoms with Crippen LogP contribution >= 0.6 is 0 Å². The second-order valence-corrected chi connectivity index (χ2v) is 4.14. The minimum absolute atomic E-state index is 0.0561. The molecule has 2 N–H and O–H groups in total. The van der Waals surface area contributed by atoms with Crippen molar-refractivity contribution >= 4 is 12.0 Å². The molecule has 0 aliphatic heterocycles. The average molecular weight is 232 g/mol. The van der Waals surface area contributed by atoms with Crippen molar-refractivity contribution in [3.63, 3.8) is 0 Å². The van der Waals surface area contributed by atoms with Crippen LogP contribution in [0.2, 0.25) is 0 Å². The number of benzene rings is 1. The molecule has 0 saturated carbocycles. The maximum atomic E-state index is 11.4. The summed E-state index contributed by atoms with van der Waals surface area (Å²) in [5, 5.41) is 6.06. The van der Waals surface area contributed by atoms with Gasteiger partial charge in [0.15, 0.2) is 0 Å². The molecule has 0 spiro atoms. The van der Waals surface area contributed by atoms with Crippen molar-refractivity contribution in [3.05, 3.63) is 42.0 Å². The summed E-state index contributed by atoms with van der Waals surface area (Å²) in [6.45, 7) is 5.60. The number of amides is 1. The second-order valence-electron chi connectivity index (χ2n) is 4.14. The van der Waals surface area contributed by atoms with E-state index in [2.05, 4.69) is 24.5 Å². The first-order valence-corrected chi connectivity index (χ1v) is 5.93. The van der Waals surface area contributed by atoms with Gasteiger partial charge in [0.1, 0.15) is 0 Å². The van der Waals surface area contributed by atoms with Crippen LogP contribution in [0.25, 0.3) is 6.08 Å². The lowest BCUT2D eigenvalue weighted by molar-refractivity contribution is -0.116. The van der Waals surface area contributed by atoms with Crippen molar-refractivity contribution in [3.8, 4) is 0 Å². The summed E-state index contributed by atoms with van der Waals surface area (Å²) in [5.74, 6) is -0.0561. The molecule has 0 atom stereocenters. The van der Waals surface area contributed by atoms with E-state index < -0.39 is 0 Å². The SMILES string of the molecule is CC(C)NCCNC(=O)C=Cc1ccccc1. The van der Waals surface area contributed by atoms with Gasteiger partial charge in [0, 0.05) is 25.2 Å². The van der Waals surface area contributed by atoms with Crippen LogP contribution < -0.4 is 10.6 Å². The largest absolute Gasteiger partial charge is 0.351 e. The van der Waals surface area contributed by atoms with E-state index in [0.29, 0.717) is 12.6 Å². The molecule has 0 radical (unpaired) electrons. The molecule has 0 aliphatic rings. The zero-order valence-corrected chi connectivity index (χ0v) is 10.4. The molecule has 3 heteroatoms. The van der Waals surface area contributed by atoms with E-state index >= 15 is 0 Å². The third-order valence-electron chi connectivity index (χ3n) is 2.20. The first-order chi connectivity index (χ1) is 8.18. The molecule has 1 amide bonds. The third kappa shape index (κ3) is 6.53. The summed E-state index contributed by atoms with van der Waals surface area (Å²) in [7, 11) is 0. The Morgan fingerprint density at radius 3 is 2.59 bits per heavy atom. The first kappa shape index (κ1) is 13.5. The van der Waals surface area contributed by atoms with Crippen LogP contribution in [0.5, 0.6) is 0 Å². The second kappa shape index (κ2) is 7.63. The summed E-state index contributed by atoms with van der Waals surface area (Å²) in [6, 6.07) is 10.2. The number of carbonyl (C=O) groups excluding carboxylic acids is 1. The summed E-state index contributed by atoms with van der Waals surface area (Å²) in [6.07, 6.45) is 3.37. The lowest BCUT2D eigenvalue weighted by atomic mass is 10.2. The van der Waals surface area contributed by atoms with E-state index in [0.717, 1.165) is 12.1 Å². The highest BCUT2D eigenvalue weighted by molar-refractivity contribution is 5.91. The predicted octanol–water partition coefficient (Wildman–Crippen LogP) is 1.81. The molecule has 0 aromatic heterocycles. The van der Waals surface area contributed by atoms with Gasteiger partial charge in [0.25, 0.3) is 0 Å². The molecule has 92 valence electrons. The van der Waals surface area contributed by atoms with Gasteiger partial charge in [-0.25, -0.2) is 0 Å². The van der Waals surface area contributed by atoms with Crippen molar-refractivity contribution in [1.29, 1.82) is 0 Å². The Balaban J connectivity index is 2.23. The van der Waals surface area contributed by atoms with E-state index in [9.17, 15) is 4.79 Å². The molecule has 1 aromatic carbocycles. The van der Waals surface area contributed by atoms with Gasteiger partial charge in [-0.05, 0) is 11.6 Å². The number of rotatable bonds is 6. The molecule has 0 saturated heterocycles. The molecular formula is C14H20N2O. The van der Waals surface area contributed by atoms with Crippen molar-refractivity contribution in [2.75, 3.05) is 13.1 Å². The minimum atomic E-state index is -0.0561. The molecule has 1 rings (SSSR count). The van der Waals surface area contributed by atoms with Crippen LogP contribution in [0.1, 0.15) is 19.4 Å². The van der Waals surface area contributed by atoms with E-state index in [4.69, 9.17) is 0 Å². The molecule has 0 unspecified atom stereocenters. The van der Waals surface area contributed by atoms with Crippen LogP contribution in [-0.4, -0.2) is 25.0 Å². The van der Waals surface area contributed by atoms with Gasteiger partial charge in [0.05, 0.1) is 0 Å². The molecule has 0 fully saturated rings. The average Bonchev–Trinajstić information content (AvgIpc) is 2.33.